The van der Waals surface area contributed by atoms with Gasteiger partial charge in [-0.1, -0.05) is 24.8 Å². The van der Waals surface area contributed by atoms with Crippen LogP contribution < -0.4 is 0 Å². The van der Waals surface area contributed by atoms with Gasteiger partial charge in [-0.15, -0.1) is 11.3 Å². The fraction of sp³-hybridized carbons (Fsp3) is 0.176. The summed E-state index contributed by atoms with van der Waals surface area (Å²) < 4.78 is 13.5. The normalized spacial score (nSPS) is 12.1. The average molecular weight is 300 g/mol. The van der Waals surface area contributed by atoms with E-state index in [1.165, 1.54) is 12.1 Å². The molecule has 2 rings (SSSR count). The molecule has 21 heavy (non-hydrogen) atoms. The molecule has 108 valence electrons. The Morgan fingerprint density at radius 1 is 1.43 bits per heavy atom. The number of rotatable bonds is 4. The fourth-order valence-electron chi connectivity index (χ4n) is 1.96. The molecule has 0 bridgehead atoms. The van der Waals surface area contributed by atoms with Crippen LogP contribution in [0.15, 0.2) is 53.7 Å². The Morgan fingerprint density at radius 2 is 2.19 bits per heavy atom. The molecule has 0 radical (unpaired) electrons. The molecule has 0 fully saturated rings. The summed E-state index contributed by atoms with van der Waals surface area (Å²) in [6, 6.07) is 6.47. The van der Waals surface area contributed by atoms with Crippen LogP contribution >= 0.6 is 11.3 Å². The molecule has 4 heteroatoms. The molecular formula is C17H17FN2S. The summed E-state index contributed by atoms with van der Waals surface area (Å²) in [7, 11) is 0. The Hall–Kier alpha value is -2.07. The number of aliphatic imine (C=N–C) groups is 1. The third-order valence-corrected chi connectivity index (χ3v) is 3.69. The van der Waals surface area contributed by atoms with Crippen molar-refractivity contribution in [2.45, 2.75) is 20.8 Å². The van der Waals surface area contributed by atoms with Gasteiger partial charge in [-0.25, -0.2) is 9.37 Å². The van der Waals surface area contributed by atoms with E-state index in [0.29, 0.717) is 0 Å². The van der Waals surface area contributed by atoms with Gasteiger partial charge in [-0.05, 0) is 39.0 Å². The van der Waals surface area contributed by atoms with Gasteiger partial charge in [0.25, 0.3) is 0 Å². The van der Waals surface area contributed by atoms with Crippen molar-refractivity contribution in [3.05, 3.63) is 64.4 Å². The number of allylic oxidation sites excluding steroid dienone is 3. The number of thiazole rings is 1. The second kappa shape index (κ2) is 6.59. The lowest BCUT2D eigenvalue weighted by Crippen LogP contribution is -1.97. The van der Waals surface area contributed by atoms with Crippen molar-refractivity contribution in [1.29, 1.82) is 0 Å². The maximum atomic E-state index is 13.5. The minimum atomic E-state index is -0.270. The van der Waals surface area contributed by atoms with Crippen LogP contribution in [-0.2, 0) is 0 Å². The molecule has 0 N–H and O–H groups in total. The van der Waals surface area contributed by atoms with Gasteiger partial charge in [0, 0.05) is 11.3 Å². The molecular weight excluding hydrogens is 283 g/mol. The van der Waals surface area contributed by atoms with E-state index in [-0.39, 0.29) is 5.82 Å². The van der Waals surface area contributed by atoms with E-state index in [1.807, 2.05) is 39.0 Å². The van der Waals surface area contributed by atoms with Crippen LogP contribution in [0.5, 0.6) is 0 Å². The van der Waals surface area contributed by atoms with Crippen LogP contribution in [0, 0.1) is 12.7 Å². The van der Waals surface area contributed by atoms with Crippen molar-refractivity contribution in [2.75, 3.05) is 0 Å². The van der Waals surface area contributed by atoms with E-state index < -0.39 is 0 Å². The molecule has 0 aliphatic carbocycles. The smallest absolute Gasteiger partial charge is 0.123 e. The van der Waals surface area contributed by atoms with E-state index in [0.717, 1.165) is 32.6 Å². The summed E-state index contributed by atoms with van der Waals surface area (Å²) in [5.74, 6) is -0.270. The number of hydrogen-bond donors (Lipinski definition) is 0. The maximum absolute atomic E-state index is 13.5. The number of halogens is 1. The first-order chi connectivity index (χ1) is 10.0. The van der Waals surface area contributed by atoms with Crippen LogP contribution in [0.1, 0.15) is 23.7 Å². The SMILES string of the molecule is C=C(C)N=C(/C=C\C)c1sc(C)nc1-c1cccc(F)c1. The lowest BCUT2D eigenvalue weighted by atomic mass is 10.1. The van der Waals surface area contributed by atoms with E-state index in [1.54, 1.807) is 17.4 Å². The third kappa shape index (κ3) is 3.73. The van der Waals surface area contributed by atoms with Gasteiger partial charge in [0.05, 0.1) is 21.3 Å². The molecule has 0 unspecified atom stereocenters. The van der Waals surface area contributed by atoms with Gasteiger partial charge in [-0.3, -0.25) is 4.99 Å². The zero-order valence-electron chi connectivity index (χ0n) is 12.4. The molecule has 0 aliphatic rings. The van der Waals surface area contributed by atoms with Crippen LogP contribution in [-0.4, -0.2) is 10.7 Å². The Morgan fingerprint density at radius 3 is 2.81 bits per heavy atom. The van der Waals surface area contributed by atoms with Crippen molar-refractivity contribution < 1.29 is 4.39 Å². The quantitative estimate of drug-likeness (QED) is 0.716. The second-order valence-electron chi connectivity index (χ2n) is 4.65. The molecule has 1 heterocycles. The van der Waals surface area contributed by atoms with Crippen LogP contribution in [0.4, 0.5) is 4.39 Å². The summed E-state index contributed by atoms with van der Waals surface area (Å²) in [6.45, 7) is 9.55. The predicted molar refractivity (Wildman–Crippen MR) is 88.4 cm³/mol. The van der Waals surface area contributed by atoms with Crippen molar-refractivity contribution in [2.24, 2.45) is 4.99 Å². The topological polar surface area (TPSA) is 25.2 Å². The summed E-state index contributed by atoms with van der Waals surface area (Å²) in [5, 5.41) is 0.920. The van der Waals surface area contributed by atoms with E-state index >= 15 is 0 Å². The Balaban J connectivity index is 2.62. The van der Waals surface area contributed by atoms with E-state index in [2.05, 4.69) is 16.6 Å². The number of aromatic nitrogens is 1. The molecule has 2 nitrogen and oxygen atoms in total. The first-order valence-corrected chi connectivity index (χ1v) is 7.43. The molecule has 0 aliphatic heterocycles. The first-order valence-electron chi connectivity index (χ1n) is 6.62. The molecule has 1 aromatic carbocycles. The predicted octanol–water partition coefficient (Wildman–Crippen LogP) is 5.16. The number of nitrogens with zero attached hydrogens (tertiary/aromatic N) is 2. The number of hydrogen-bond acceptors (Lipinski definition) is 3. The molecule has 1 aromatic heterocycles. The van der Waals surface area contributed by atoms with Gasteiger partial charge in [0.15, 0.2) is 0 Å². The minimum Gasteiger partial charge on any atom is -0.253 e. The first kappa shape index (κ1) is 15.3. The van der Waals surface area contributed by atoms with Gasteiger partial charge in [-0.2, -0.15) is 0 Å². The number of aryl methyl sites for hydroxylation is 1. The van der Waals surface area contributed by atoms with Gasteiger partial charge >= 0.3 is 0 Å². The highest BCUT2D eigenvalue weighted by Crippen LogP contribution is 2.29. The lowest BCUT2D eigenvalue weighted by Gasteiger charge is -2.04. The van der Waals surface area contributed by atoms with Crippen molar-refractivity contribution in [1.82, 2.24) is 4.98 Å². The Kier molecular flexibility index (Phi) is 4.81. The molecule has 2 aromatic rings. The summed E-state index contributed by atoms with van der Waals surface area (Å²) in [6.07, 6.45) is 3.84. The zero-order chi connectivity index (χ0) is 15.4. The molecule has 0 saturated heterocycles. The van der Waals surface area contributed by atoms with Crippen LogP contribution in [0.2, 0.25) is 0 Å². The average Bonchev–Trinajstić information content (AvgIpc) is 2.80. The molecule has 0 saturated carbocycles. The van der Waals surface area contributed by atoms with Gasteiger partial charge < -0.3 is 0 Å². The minimum absolute atomic E-state index is 0.270. The summed E-state index contributed by atoms with van der Waals surface area (Å²) in [5.41, 5.74) is 3.04. The van der Waals surface area contributed by atoms with Gasteiger partial charge in [0.1, 0.15) is 5.82 Å². The Bertz CT molecular complexity index is 726. The van der Waals surface area contributed by atoms with Crippen LogP contribution in [0.25, 0.3) is 11.3 Å². The molecule has 0 spiro atoms. The zero-order valence-corrected chi connectivity index (χ0v) is 13.2. The van der Waals surface area contributed by atoms with Crippen LogP contribution in [0.3, 0.4) is 0 Å². The molecule has 0 amide bonds. The highest BCUT2D eigenvalue weighted by Gasteiger charge is 2.15. The monoisotopic (exact) mass is 300 g/mol. The van der Waals surface area contributed by atoms with Crippen molar-refractivity contribution in [3.63, 3.8) is 0 Å². The third-order valence-electron chi connectivity index (χ3n) is 2.70. The lowest BCUT2D eigenvalue weighted by molar-refractivity contribution is 0.628. The molecule has 0 atom stereocenters. The summed E-state index contributed by atoms with van der Waals surface area (Å²) in [4.78, 5) is 9.94. The van der Waals surface area contributed by atoms with E-state index in [4.69, 9.17) is 0 Å². The fourth-order valence-corrected chi connectivity index (χ4v) is 2.87. The maximum Gasteiger partial charge on any atom is 0.123 e. The highest BCUT2D eigenvalue weighted by molar-refractivity contribution is 7.14. The van der Waals surface area contributed by atoms with Crippen molar-refractivity contribution >= 4 is 17.0 Å². The van der Waals surface area contributed by atoms with Crippen molar-refractivity contribution in [3.8, 4) is 11.3 Å². The van der Waals surface area contributed by atoms with Gasteiger partial charge in [0.2, 0.25) is 0 Å². The van der Waals surface area contributed by atoms with E-state index in [9.17, 15) is 4.39 Å². The highest BCUT2D eigenvalue weighted by atomic mass is 32.1. The number of benzene rings is 1. The Labute approximate surface area is 128 Å². The largest absolute Gasteiger partial charge is 0.253 e. The standard InChI is InChI=1S/C17H17FN2S/c1-5-7-15(19-11(2)3)17-16(20-12(4)21-17)13-8-6-9-14(18)10-13/h5-10H,2H2,1,3-4H3/b7-5-,19-15?. The second-order valence-corrected chi connectivity index (χ2v) is 5.86. The summed E-state index contributed by atoms with van der Waals surface area (Å²) >= 11 is 1.55.